The molecule has 1 nitrogen and oxygen atoms in total. The SMILES string of the molecule is CCCCCc1ccc(C2=CCc3c(ccc(OC)c3F)C2)c(F)c1F. The summed E-state index contributed by atoms with van der Waals surface area (Å²) in [6.07, 6.45) is 5.93. The van der Waals surface area contributed by atoms with E-state index in [-0.39, 0.29) is 17.1 Å². The van der Waals surface area contributed by atoms with Crippen molar-refractivity contribution in [1.82, 2.24) is 0 Å². The summed E-state index contributed by atoms with van der Waals surface area (Å²) < 4.78 is 48.4. The first-order valence-corrected chi connectivity index (χ1v) is 9.07. The quantitative estimate of drug-likeness (QED) is 0.572. The summed E-state index contributed by atoms with van der Waals surface area (Å²) in [5.41, 5.74) is 2.73. The molecule has 0 heterocycles. The molecule has 3 rings (SSSR count). The second-order valence-electron chi connectivity index (χ2n) is 6.69. The van der Waals surface area contributed by atoms with E-state index in [4.69, 9.17) is 4.74 Å². The Balaban J connectivity index is 1.86. The molecule has 0 radical (unpaired) electrons. The molecule has 0 saturated carbocycles. The third kappa shape index (κ3) is 3.50. The zero-order chi connectivity index (χ0) is 18.7. The van der Waals surface area contributed by atoms with E-state index in [9.17, 15) is 13.2 Å². The Kier molecular flexibility index (Phi) is 5.70. The molecule has 0 spiro atoms. The maximum Gasteiger partial charge on any atom is 0.168 e. The van der Waals surface area contributed by atoms with Crippen molar-refractivity contribution in [1.29, 1.82) is 0 Å². The molecule has 0 aromatic heterocycles. The lowest BCUT2D eigenvalue weighted by molar-refractivity contribution is 0.384. The fraction of sp³-hybridized carbons (Fsp3) is 0.364. The van der Waals surface area contributed by atoms with Gasteiger partial charge in [0.05, 0.1) is 7.11 Å². The normalized spacial score (nSPS) is 13.3. The third-order valence-corrected chi connectivity index (χ3v) is 5.02. The molecule has 1 aliphatic rings. The van der Waals surface area contributed by atoms with Gasteiger partial charge in [-0.2, -0.15) is 0 Å². The summed E-state index contributed by atoms with van der Waals surface area (Å²) in [6, 6.07) is 6.69. The average molecular weight is 360 g/mol. The van der Waals surface area contributed by atoms with Gasteiger partial charge >= 0.3 is 0 Å². The van der Waals surface area contributed by atoms with E-state index in [0.29, 0.717) is 36.0 Å². The topological polar surface area (TPSA) is 9.23 Å². The van der Waals surface area contributed by atoms with Crippen molar-refractivity contribution < 1.29 is 17.9 Å². The monoisotopic (exact) mass is 360 g/mol. The highest BCUT2D eigenvalue weighted by atomic mass is 19.2. The molecule has 0 unspecified atom stereocenters. The van der Waals surface area contributed by atoms with E-state index in [1.54, 1.807) is 30.3 Å². The van der Waals surface area contributed by atoms with E-state index < -0.39 is 11.6 Å². The summed E-state index contributed by atoms with van der Waals surface area (Å²) >= 11 is 0. The first-order valence-electron chi connectivity index (χ1n) is 9.07. The predicted molar refractivity (Wildman–Crippen MR) is 97.9 cm³/mol. The minimum Gasteiger partial charge on any atom is -0.494 e. The van der Waals surface area contributed by atoms with Crippen LogP contribution >= 0.6 is 0 Å². The van der Waals surface area contributed by atoms with Crippen LogP contribution in [0.15, 0.2) is 30.3 Å². The Labute approximate surface area is 152 Å². The Morgan fingerprint density at radius 3 is 2.50 bits per heavy atom. The molecule has 1 aliphatic carbocycles. The number of unbranched alkanes of at least 4 members (excludes halogenated alkanes) is 2. The van der Waals surface area contributed by atoms with Gasteiger partial charge in [-0.3, -0.25) is 0 Å². The minimum absolute atomic E-state index is 0.203. The molecular formula is C22H23F3O. The molecule has 26 heavy (non-hydrogen) atoms. The van der Waals surface area contributed by atoms with Crippen LogP contribution in [0.3, 0.4) is 0 Å². The summed E-state index contributed by atoms with van der Waals surface area (Å²) in [4.78, 5) is 0. The largest absolute Gasteiger partial charge is 0.494 e. The maximum atomic E-state index is 14.6. The Morgan fingerprint density at radius 1 is 0.962 bits per heavy atom. The number of aryl methyl sites for hydroxylation is 1. The summed E-state index contributed by atoms with van der Waals surface area (Å²) in [5.74, 6) is -1.73. The highest BCUT2D eigenvalue weighted by molar-refractivity contribution is 5.71. The summed E-state index contributed by atoms with van der Waals surface area (Å²) in [7, 11) is 1.43. The van der Waals surface area contributed by atoms with Crippen LogP contribution in [0.2, 0.25) is 0 Å². The van der Waals surface area contributed by atoms with E-state index in [1.807, 2.05) is 0 Å². The van der Waals surface area contributed by atoms with Crippen LogP contribution < -0.4 is 4.74 Å². The number of hydrogen-bond acceptors (Lipinski definition) is 1. The fourth-order valence-corrected chi connectivity index (χ4v) is 3.49. The third-order valence-electron chi connectivity index (χ3n) is 5.02. The van der Waals surface area contributed by atoms with Crippen molar-refractivity contribution in [2.45, 2.75) is 45.4 Å². The number of ether oxygens (including phenoxy) is 1. The van der Waals surface area contributed by atoms with Crippen LogP contribution in [0, 0.1) is 17.5 Å². The number of benzene rings is 2. The molecular weight excluding hydrogens is 337 g/mol. The molecule has 0 N–H and O–H groups in total. The van der Waals surface area contributed by atoms with Crippen LogP contribution in [0.25, 0.3) is 5.57 Å². The number of rotatable bonds is 6. The number of methoxy groups -OCH3 is 1. The van der Waals surface area contributed by atoms with Gasteiger partial charge < -0.3 is 4.74 Å². The standard InChI is InChI=1S/C22H23F3O/c1-3-4-5-6-14-7-10-18(22(25)20(14)23)15-8-11-17-16(13-15)9-12-19(26-2)21(17)24/h7-10,12H,3-6,11,13H2,1-2H3. The van der Waals surface area contributed by atoms with Gasteiger partial charge in [-0.05, 0) is 54.0 Å². The maximum absolute atomic E-state index is 14.6. The van der Waals surface area contributed by atoms with Gasteiger partial charge in [-0.15, -0.1) is 0 Å². The number of fused-ring (bicyclic) bond motifs is 1. The number of allylic oxidation sites excluding steroid dienone is 2. The lowest BCUT2D eigenvalue weighted by Crippen LogP contribution is -2.08. The lowest BCUT2D eigenvalue weighted by atomic mass is 9.87. The second kappa shape index (κ2) is 7.98. The number of halogens is 3. The molecule has 2 aromatic rings. The van der Waals surface area contributed by atoms with Crippen molar-refractivity contribution in [3.8, 4) is 5.75 Å². The highest BCUT2D eigenvalue weighted by Gasteiger charge is 2.22. The van der Waals surface area contributed by atoms with Crippen molar-refractivity contribution >= 4 is 5.57 Å². The van der Waals surface area contributed by atoms with Crippen LogP contribution in [-0.4, -0.2) is 7.11 Å². The molecule has 0 aliphatic heterocycles. The van der Waals surface area contributed by atoms with Crippen LogP contribution in [0.1, 0.15) is 48.4 Å². The van der Waals surface area contributed by atoms with E-state index in [2.05, 4.69) is 6.92 Å². The number of hydrogen-bond donors (Lipinski definition) is 0. The van der Waals surface area contributed by atoms with Crippen molar-refractivity contribution in [2.24, 2.45) is 0 Å². The smallest absolute Gasteiger partial charge is 0.168 e. The minimum atomic E-state index is -0.803. The molecule has 0 amide bonds. The predicted octanol–water partition coefficient (Wildman–Crippen LogP) is 6.03. The summed E-state index contributed by atoms with van der Waals surface area (Å²) in [6.45, 7) is 2.08. The Morgan fingerprint density at radius 2 is 1.77 bits per heavy atom. The molecule has 2 aromatic carbocycles. The second-order valence-corrected chi connectivity index (χ2v) is 6.69. The molecule has 0 saturated heterocycles. The van der Waals surface area contributed by atoms with Crippen LogP contribution in [0.4, 0.5) is 13.2 Å². The van der Waals surface area contributed by atoms with Crippen LogP contribution in [0.5, 0.6) is 5.75 Å². The van der Waals surface area contributed by atoms with Crippen LogP contribution in [-0.2, 0) is 19.3 Å². The fourth-order valence-electron chi connectivity index (χ4n) is 3.49. The molecule has 138 valence electrons. The van der Waals surface area contributed by atoms with Crippen molar-refractivity contribution in [3.05, 3.63) is 70.0 Å². The van der Waals surface area contributed by atoms with Crippen molar-refractivity contribution in [3.63, 3.8) is 0 Å². The van der Waals surface area contributed by atoms with Gasteiger partial charge in [0.25, 0.3) is 0 Å². The lowest BCUT2D eigenvalue weighted by Gasteiger charge is -2.20. The van der Waals surface area contributed by atoms with Crippen molar-refractivity contribution in [2.75, 3.05) is 7.11 Å². The van der Waals surface area contributed by atoms with Gasteiger partial charge in [-0.1, -0.05) is 44.0 Å². The van der Waals surface area contributed by atoms with Gasteiger partial charge in [0.15, 0.2) is 23.2 Å². The molecule has 0 atom stereocenters. The molecule has 0 bridgehead atoms. The first-order chi connectivity index (χ1) is 12.6. The Hall–Kier alpha value is -2.23. The molecule has 0 fully saturated rings. The van der Waals surface area contributed by atoms with Gasteiger partial charge in [0.1, 0.15) is 0 Å². The van der Waals surface area contributed by atoms with E-state index in [0.717, 1.165) is 24.8 Å². The first kappa shape index (κ1) is 18.6. The van der Waals surface area contributed by atoms with Gasteiger partial charge in [0, 0.05) is 5.56 Å². The highest BCUT2D eigenvalue weighted by Crippen LogP contribution is 2.34. The zero-order valence-electron chi connectivity index (χ0n) is 15.2. The Bertz CT molecular complexity index is 840. The zero-order valence-corrected chi connectivity index (χ0v) is 15.2. The van der Waals surface area contributed by atoms with Gasteiger partial charge in [0.2, 0.25) is 0 Å². The van der Waals surface area contributed by atoms with E-state index >= 15 is 0 Å². The van der Waals surface area contributed by atoms with E-state index in [1.165, 1.54) is 7.11 Å². The summed E-state index contributed by atoms with van der Waals surface area (Å²) in [5, 5.41) is 0. The van der Waals surface area contributed by atoms with Gasteiger partial charge in [-0.25, -0.2) is 13.2 Å². The molecule has 4 heteroatoms. The average Bonchev–Trinajstić information content (AvgIpc) is 2.65.